The Morgan fingerprint density at radius 3 is 2.74 bits per heavy atom. The number of hydrogen-bond donors (Lipinski definition) is 0. The van der Waals surface area contributed by atoms with Gasteiger partial charge in [0.05, 0.1) is 0 Å². The molecule has 0 atom stereocenters. The number of benzene rings is 1. The summed E-state index contributed by atoms with van der Waals surface area (Å²) in [4.78, 5) is 14.0. The van der Waals surface area contributed by atoms with Crippen molar-refractivity contribution in [3.8, 4) is 11.5 Å². The molecule has 2 aliphatic rings. The van der Waals surface area contributed by atoms with Gasteiger partial charge in [-0.3, -0.25) is 4.79 Å². The molecule has 102 valence electrons. The summed E-state index contributed by atoms with van der Waals surface area (Å²) in [5.74, 6) is 1.91. The lowest BCUT2D eigenvalue weighted by molar-refractivity contribution is -0.132. The van der Waals surface area contributed by atoms with Crippen molar-refractivity contribution in [1.29, 1.82) is 0 Å². The normalized spacial score (nSPS) is 16.4. The van der Waals surface area contributed by atoms with Gasteiger partial charge in [0.1, 0.15) is 0 Å². The lowest BCUT2D eigenvalue weighted by atomic mass is 9.98. The van der Waals surface area contributed by atoms with Crippen LogP contribution in [0.1, 0.15) is 37.3 Å². The van der Waals surface area contributed by atoms with E-state index in [0.29, 0.717) is 19.8 Å². The van der Waals surface area contributed by atoms with Crippen molar-refractivity contribution < 1.29 is 14.3 Å². The van der Waals surface area contributed by atoms with Crippen LogP contribution in [0.15, 0.2) is 12.1 Å². The predicted octanol–water partition coefficient (Wildman–Crippen LogP) is 2.49. The monoisotopic (exact) mass is 261 g/mol. The fraction of sp³-hybridized carbons (Fsp3) is 0.533. The van der Waals surface area contributed by atoms with E-state index in [1.807, 2.05) is 11.0 Å². The van der Waals surface area contributed by atoms with E-state index in [4.69, 9.17) is 9.47 Å². The Morgan fingerprint density at radius 2 is 2.00 bits per heavy atom. The van der Waals surface area contributed by atoms with Crippen molar-refractivity contribution >= 4 is 5.91 Å². The second-order valence-electron chi connectivity index (χ2n) is 5.14. The Morgan fingerprint density at radius 1 is 1.26 bits per heavy atom. The van der Waals surface area contributed by atoms with Gasteiger partial charge in [-0.25, -0.2) is 0 Å². The van der Waals surface area contributed by atoms with Crippen molar-refractivity contribution in [3.63, 3.8) is 0 Å². The first-order chi connectivity index (χ1) is 9.28. The molecular formula is C15H19NO3. The standard InChI is InChI=1S/C15H19NO3/c1-2-3-4-15(17)16-6-5-11-7-13-14(19-10-18-13)8-12(11)9-16/h7-8H,2-6,9-10H2,1H3. The fourth-order valence-corrected chi connectivity index (χ4v) is 2.65. The molecule has 0 unspecified atom stereocenters. The van der Waals surface area contributed by atoms with Crippen LogP contribution in [0.2, 0.25) is 0 Å². The minimum atomic E-state index is 0.269. The molecule has 4 heteroatoms. The van der Waals surface area contributed by atoms with E-state index in [1.54, 1.807) is 0 Å². The molecule has 0 saturated heterocycles. The number of rotatable bonds is 3. The number of amides is 1. The van der Waals surface area contributed by atoms with Crippen LogP contribution in [-0.2, 0) is 17.8 Å². The van der Waals surface area contributed by atoms with Gasteiger partial charge in [0.2, 0.25) is 12.7 Å². The fourth-order valence-electron chi connectivity index (χ4n) is 2.65. The highest BCUT2D eigenvalue weighted by Gasteiger charge is 2.24. The number of nitrogens with zero attached hydrogens (tertiary/aromatic N) is 1. The van der Waals surface area contributed by atoms with Crippen LogP contribution in [0, 0.1) is 0 Å². The van der Waals surface area contributed by atoms with Crippen LogP contribution in [0.4, 0.5) is 0 Å². The molecule has 19 heavy (non-hydrogen) atoms. The molecule has 2 aliphatic heterocycles. The van der Waals surface area contributed by atoms with Crippen molar-refractivity contribution in [1.82, 2.24) is 4.90 Å². The van der Waals surface area contributed by atoms with Gasteiger partial charge in [0.25, 0.3) is 0 Å². The van der Waals surface area contributed by atoms with Gasteiger partial charge in [-0.05, 0) is 36.1 Å². The Hall–Kier alpha value is -1.71. The zero-order chi connectivity index (χ0) is 13.2. The average molecular weight is 261 g/mol. The molecule has 2 heterocycles. The van der Waals surface area contributed by atoms with Gasteiger partial charge < -0.3 is 14.4 Å². The second kappa shape index (κ2) is 5.11. The lowest BCUT2D eigenvalue weighted by Crippen LogP contribution is -2.35. The molecule has 1 aromatic rings. The molecule has 1 aromatic carbocycles. The summed E-state index contributed by atoms with van der Waals surface area (Å²) in [7, 11) is 0. The first-order valence-corrected chi connectivity index (χ1v) is 6.97. The summed E-state index contributed by atoms with van der Waals surface area (Å²) in [6, 6.07) is 4.09. The van der Waals surface area contributed by atoms with Gasteiger partial charge >= 0.3 is 0 Å². The molecule has 3 rings (SSSR count). The minimum absolute atomic E-state index is 0.269. The molecule has 0 bridgehead atoms. The van der Waals surface area contributed by atoms with Gasteiger partial charge in [0, 0.05) is 19.5 Å². The maximum Gasteiger partial charge on any atom is 0.231 e. The third-order valence-electron chi connectivity index (χ3n) is 3.80. The van der Waals surface area contributed by atoms with E-state index in [1.165, 1.54) is 11.1 Å². The van der Waals surface area contributed by atoms with Crippen molar-refractivity contribution in [2.45, 2.75) is 39.2 Å². The summed E-state index contributed by atoms with van der Waals surface area (Å²) in [5, 5.41) is 0. The number of carbonyl (C=O) groups excluding carboxylic acids is 1. The average Bonchev–Trinajstić information content (AvgIpc) is 2.88. The lowest BCUT2D eigenvalue weighted by Gasteiger charge is -2.29. The van der Waals surface area contributed by atoms with Gasteiger partial charge in [-0.1, -0.05) is 13.3 Å². The van der Waals surface area contributed by atoms with Gasteiger partial charge in [-0.15, -0.1) is 0 Å². The maximum absolute atomic E-state index is 12.1. The number of unbranched alkanes of at least 4 members (excludes halogenated alkanes) is 1. The van der Waals surface area contributed by atoms with Crippen LogP contribution in [0.5, 0.6) is 11.5 Å². The van der Waals surface area contributed by atoms with Gasteiger partial charge in [-0.2, -0.15) is 0 Å². The van der Waals surface area contributed by atoms with E-state index in [-0.39, 0.29) is 5.91 Å². The third kappa shape index (κ3) is 2.39. The predicted molar refractivity (Wildman–Crippen MR) is 71.2 cm³/mol. The largest absolute Gasteiger partial charge is 0.454 e. The highest BCUT2D eigenvalue weighted by atomic mass is 16.7. The first-order valence-electron chi connectivity index (χ1n) is 6.97. The van der Waals surface area contributed by atoms with Crippen LogP contribution >= 0.6 is 0 Å². The Kier molecular flexibility index (Phi) is 3.32. The van der Waals surface area contributed by atoms with E-state index < -0.39 is 0 Å². The number of ether oxygens (including phenoxy) is 2. The Balaban J connectivity index is 1.75. The van der Waals surface area contributed by atoms with Crippen LogP contribution in [0.25, 0.3) is 0 Å². The van der Waals surface area contributed by atoms with Crippen LogP contribution < -0.4 is 9.47 Å². The summed E-state index contributed by atoms with van der Waals surface area (Å²) in [6.07, 6.45) is 3.61. The van der Waals surface area contributed by atoms with Crippen molar-refractivity contribution in [2.24, 2.45) is 0 Å². The summed E-state index contributed by atoms with van der Waals surface area (Å²) >= 11 is 0. The summed E-state index contributed by atoms with van der Waals surface area (Å²) < 4.78 is 10.8. The van der Waals surface area contributed by atoms with Gasteiger partial charge in [0.15, 0.2) is 11.5 Å². The SMILES string of the molecule is CCCCC(=O)N1CCc2cc3c(cc2C1)OCO3. The van der Waals surface area contributed by atoms with E-state index in [0.717, 1.165) is 37.3 Å². The molecule has 0 spiro atoms. The zero-order valence-electron chi connectivity index (χ0n) is 11.3. The third-order valence-corrected chi connectivity index (χ3v) is 3.80. The van der Waals surface area contributed by atoms with E-state index in [9.17, 15) is 4.79 Å². The zero-order valence-corrected chi connectivity index (χ0v) is 11.3. The molecule has 0 N–H and O–H groups in total. The molecule has 4 nitrogen and oxygen atoms in total. The quantitative estimate of drug-likeness (QED) is 0.839. The first kappa shape index (κ1) is 12.3. The highest BCUT2D eigenvalue weighted by molar-refractivity contribution is 5.76. The minimum Gasteiger partial charge on any atom is -0.454 e. The highest BCUT2D eigenvalue weighted by Crippen LogP contribution is 2.36. The molecule has 0 aliphatic carbocycles. The molecule has 0 radical (unpaired) electrons. The molecule has 0 aromatic heterocycles. The van der Waals surface area contributed by atoms with Crippen molar-refractivity contribution in [2.75, 3.05) is 13.3 Å². The second-order valence-corrected chi connectivity index (χ2v) is 5.14. The topological polar surface area (TPSA) is 38.8 Å². The summed E-state index contributed by atoms with van der Waals surface area (Å²) in [6.45, 7) is 3.93. The number of fused-ring (bicyclic) bond motifs is 2. The number of hydrogen-bond acceptors (Lipinski definition) is 3. The number of carbonyl (C=O) groups is 1. The van der Waals surface area contributed by atoms with Crippen LogP contribution in [-0.4, -0.2) is 24.1 Å². The Bertz CT molecular complexity index is 498. The molecule has 1 amide bonds. The summed E-state index contributed by atoms with van der Waals surface area (Å²) in [5.41, 5.74) is 2.48. The Labute approximate surface area is 113 Å². The van der Waals surface area contributed by atoms with Crippen molar-refractivity contribution in [3.05, 3.63) is 23.3 Å². The van der Waals surface area contributed by atoms with E-state index >= 15 is 0 Å². The van der Waals surface area contributed by atoms with Crippen LogP contribution in [0.3, 0.4) is 0 Å². The molecular weight excluding hydrogens is 242 g/mol. The maximum atomic E-state index is 12.1. The smallest absolute Gasteiger partial charge is 0.231 e. The van der Waals surface area contributed by atoms with E-state index in [2.05, 4.69) is 13.0 Å². The molecule has 0 fully saturated rings. The molecule has 0 saturated carbocycles.